The third kappa shape index (κ3) is 3.91. The number of ether oxygens (including phenoxy) is 1. The number of benzene rings is 2. The van der Waals surface area contributed by atoms with Crippen molar-refractivity contribution in [3.8, 4) is 0 Å². The van der Waals surface area contributed by atoms with Gasteiger partial charge in [0.1, 0.15) is 0 Å². The van der Waals surface area contributed by atoms with Gasteiger partial charge in [-0.15, -0.1) is 0 Å². The van der Waals surface area contributed by atoms with Crippen molar-refractivity contribution in [2.45, 2.75) is 38.9 Å². The van der Waals surface area contributed by atoms with Crippen LogP contribution in [0, 0.1) is 0 Å². The zero-order chi connectivity index (χ0) is 18.5. The third-order valence-electron chi connectivity index (χ3n) is 5.13. The third-order valence-corrected chi connectivity index (χ3v) is 5.13. The molecule has 4 nitrogen and oxygen atoms in total. The molecule has 3 rings (SSSR count). The normalized spacial score (nSPS) is 19.8. The van der Waals surface area contributed by atoms with Crippen LogP contribution in [0.25, 0.3) is 0 Å². The highest BCUT2D eigenvalue weighted by Crippen LogP contribution is 2.36. The van der Waals surface area contributed by atoms with E-state index in [9.17, 15) is 4.79 Å². The minimum Gasteiger partial charge on any atom is -0.384 e. The van der Waals surface area contributed by atoms with Crippen LogP contribution in [-0.2, 0) is 16.1 Å². The Hall–Kier alpha value is -2.33. The minimum atomic E-state index is 0.0475. The number of carbonyl (C=O) groups excluding carboxylic acids is 1. The summed E-state index contributed by atoms with van der Waals surface area (Å²) in [6.07, 6.45) is 0.423. The molecular formula is C22H28N2O2. The number of amides is 1. The van der Waals surface area contributed by atoms with E-state index in [1.165, 1.54) is 16.8 Å². The van der Waals surface area contributed by atoms with Crippen LogP contribution in [0.15, 0.2) is 54.6 Å². The average molecular weight is 352 g/mol. The largest absolute Gasteiger partial charge is 0.384 e. The Morgan fingerprint density at radius 3 is 2.50 bits per heavy atom. The zero-order valence-corrected chi connectivity index (χ0v) is 15.9. The van der Waals surface area contributed by atoms with Gasteiger partial charge in [-0.05, 0) is 31.0 Å². The summed E-state index contributed by atoms with van der Waals surface area (Å²) in [5, 5.41) is 0. The lowest BCUT2D eigenvalue weighted by Gasteiger charge is -2.33. The molecule has 0 radical (unpaired) electrons. The van der Waals surface area contributed by atoms with Gasteiger partial charge in [-0.3, -0.25) is 4.79 Å². The maximum Gasteiger partial charge on any atom is 0.225 e. The molecule has 0 unspecified atom stereocenters. The fourth-order valence-corrected chi connectivity index (χ4v) is 3.90. The second-order valence-corrected chi connectivity index (χ2v) is 6.99. The lowest BCUT2D eigenvalue weighted by Crippen LogP contribution is -2.44. The molecule has 1 aliphatic heterocycles. The van der Waals surface area contributed by atoms with E-state index in [0.717, 1.165) is 13.1 Å². The first-order valence-electron chi connectivity index (χ1n) is 9.29. The van der Waals surface area contributed by atoms with Crippen molar-refractivity contribution in [1.82, 2.24) is 4.90 Å². The van der Waals surface area contributed by atoms with E-state index in [1.54, 1.807) is 7.11 Å². The monoisotopic (exact) mass is 352 g/mol. The predicted molar refractivity (Wildman–Crippen MR) is 105 cm³/mol. The molecule has 1 aliphatic rings. The highest BCUT2D eigenvalue weighted by Gasteiger charge is 2.33. The number of anilines is 1. The first-order chi connectivity index (χ1) is 12.6. The van der Waals surface area contributed by atoms with Crippen LogP contribution in [0.5, 0.6) is 0 Å². The van der Waals surface area contributed by atoms with E-state index in [-0.39, 0.29) is 18.0 Å². The Labute approximate surface area is 156 Å². The summed E-state index contributed by atoms with van der Waals surface area (Å²) >= 11 is 0. The molecule has 2 atom stereocenters. The van der Waals surface area contributed by atoms with Crippen molar-refractivity contribution < 1.29 is 9.53 Å². The fourth-order valence-electron chi connectivity index (χ4n) is 3.90. The zero-order valence-electron chi connectivity index (χ0n) is 15.9. The smallest absolute Gasteiger partial charge is 0.225 e. The van der Waals surface area contributed by atoms with Crippen LogP contribution in [0.2, 0.25) is 0 Å². The maximum absolute atomic E-state index is 12.8. The van der Waals surface area contributed by atoms with Crippen molar-refractivity contribution in [2.75, 3.05) is 25.2 Å². The van der Waals surface area contributed by atoms with Gasteiger partial charge in [0.15, 0.2) is 0 Å². The average Bonchev–Trinajstić information content (AvgIpc) is 2.76. The second-order valence-electron chi connectivity index (χ2n) is 6.99. The van der Waals surface area contributed by atoms with E-state index >= 15 is 0 Å². The van der Waals surface area contributed by atoms with Gasteiger partial charge >= 0.3 is 0 Å². The quantitative estimate of drug-likeness (QED) is 0.815. The molecule has 1 amide bonds. The molecule has 26 heavy (non-hydrogen) atoms. The van der Waals surface area contributed by atoms with E-state index in [2.05, 4.69) is 67.3 Å². The van der Waals surface area contributed by atoms with Gasteiger partial charge in [0.2, 0.25) is 5.91 Å². The van der Waals surface area contributed by atoms with Crippen LogP contribution in [0.1, 0.15) is 37.4 Å². The minimum absolute atomic E-state index is 0.0475. The highest BCUT2D eigenvalue weighted by molar-refractivity contribution is 5.78. The number of fused-ring (bicyclic) bond motifs is 1. The summed E-state index contributed by atoms with van der Waals surface area (Å²) in [7, 11) is 1.64. The van der Waals surface area contributed by atoms with Gasteiger partial charge in [0.25, 0.3) is 0 Å². The number of rotatable bonds is 5. The fraction of sp³-hybridized carbons (Fsp3) is 0.409. The second kappa shape index (κ2) is 8.37. The van der Waals surface area contributed by atoms with Crippen LogP contribution in [-0.4, -0.2) is 37.1 Å². The molecule has 0 fully saturated rings. The molecule has 0 spiro atoms. The Morgan fingerprint density at radius 1 is 1.08 bits per heavy atom. The van der Waals surface area contributed by atoms with Gasteiger partial charge < -0.3 is 14.5 Å². The highest BCUT2D eigenvalue weighted by atomic mass is 16.5. The summed E-state index contributed by atoms with van der Waals surface area (Å²) < 4.78 is 5.12. The summed E-state index contributed by atoms with van der Waals surface area (Å²) in [6, 6.07) is 19.1. The lowest BCUT2D eigenvalue weighted by atomic mass is 10.0. The molecular weight excluding hydrogens is 324 g/mol. The van der Waals surface area contributed by atoms with Gasteiger partial charge in [-0.25, -0.2) is 0 Å². The molecule has 2 aromatic carbocycles. The molecule has 0 saturated heterocycles. The van der Waals surface area contributed by atoms with E-state index in [0.29, 0.717) is 13.0 Å². The maximum atomic E-state index is 12.8. The van der Waals surface area contributed by atoms with Crippen molar-refractivity contribution in [3.05, 3.63) is 65.7 Å². The number of hydrogen-bond donors (Lipinski definition) is 0. The van der Waals surface area contributed by atoms with Gasteiger partial charge in [-0.1, -0.05) is 48.5 Å². The molecule has 0 saturated carbocycles. The molecule has 2 aromatic rings. The van der Waals surface area contributed by atoms with E-state index < -0.39 is 0 Å². The lowest BCUT2D eigenvalue weighted by molar-refractivity contribution is -0.136. The Kier molecular flexibility index (Phi) is 5.94. The van der Waals surface area contributed by atoms with Crippen LogP contribution < -0.4 is 4.90 Å². The Bertz CT molecular complexity index is 732. The summed E-state index contributed by atoms with van der Waals surface area (Å²) in [5.74, 6) is 0.156. The first-order valence-corrected chi connectivity index (χ1v) is 9.29. The number of hydrogen-bond acceptors (Lipinski definition) is 3. The van der Waals surface area contributed by atoms with Crippen LogP contribution >= 0.6 is 0 Å². The van der Waals surface area contributed by atoms with Crippen LogP contribution in [0.4, 0.5) is 5.69 Å². The topological polar surface area (TPSA) is 32.8 Å². The molecule has 0 bridgehead atoms. The molecule has 138 valence electrons. The van der Waals surface area contributed by atoms with Gasteiger partial charge in [0, 0.05) is 31.9 Å². The Balaban J connectivity index is 1.93. The number of nitrogens with zero attached hydrogens (tertiary/aromatic N) is 2. The summed E-state index contributed by atoms with van der Waals surface area (Å²) in [5.41, 5.74) is 3.71. The first kappa shape index (κ1) is 18.5. The Morgan fingerprint density at radius 2 is 1.77 bits per heavy atom. The summed E-state index contributed by atoms with van der Waals surface area (Å²) in [4.78, 5) is 17.3. The SMILES string of the molecule is COCCC(=O)N1[C@H](C)CN(Cc2ccccc2)c2ccccc2[C@@H]1C. The molecule has 1 heterocycles. The molecule has 4 heteroatoms. The predicted octanol–water partition coefficient (Wildman–Crippen LogP) is 4.02. The number of carbonyl (C=O) groups is 1. The number of methoxy groups -OCH3 is 1. The van der Waals surface area contributed by atoms with Gasteiger partial charge in [-0.2, -0.15) is 0 Å². The van der Waals surface area contributed by atoms with Crippen molar-refractivity contribution >= 4 is 11.6 Å². The van der Waals surface area contributed by atoms with Crippen molar-refractivity contribution in [2.24, 2.45) is 0 Å². The summed E-state index contributed by atoms with van der Waals surface area (Å²) in [6.45, 7) is 6.39. The molecule has 0 N–H and O–H groups in total. The standard InChI is InChI=1S/C22H28N2O2/c1-17-15-23(16-19-9-5-4-6-10-19)21-12-8-7-11-20(21)18(2)24(17)22(25)13-14-26-3/h4-12,17-18H,13-16H2,1-3H3/t17-,18+/m1/s1. The van der Waals surface area contributed by atoms with Crippen molar-refractivity contribution in [3.63, 3.8) is 0 Å². The number of para-hydroxylation sites is 1. The van der Waals surface area contributed by atoms with E-state index in [1.807, 2.05) is 11.0 Å². The molecule has 0 aliphatic carbocycles. The van der Waals surface area contributed by atoms with Crippen molar-refractivity contribution in [1.29, 1.82) is 0 Å². The molecule has 0 aromatic heterocycles. The van der Waals surface area contributed by atoms with E-state index in [4.69, 9.17) is 4.74 Å². The van der Waals surface area contributed by atoms with Gasteiger partial charge in [0.05, 0.1) is 19.1 Å². The van der Waals surface area contributed by atoms with Crippen LogP contribution in [0.3, 0.4) is 0 Å².